The Bertz CT molecular complexity index is 113. The van der Waals surface area contributed by atoms with Crippen LogP contribution in [0.4, 0.5) is 0 Å². The van der Waals surface area contributed by atoms with Gasteiger partial charge in [-0.2, -0.15) is 0 Å². The molecule has 0 fully saturated rings. The van der Waals surface area contributed by atoms with Gasteiger partial charge in [-0.15, -0.1) is 0 Å². The summed E-state index contributed by atoms with van der Waals surface area (Å²) in [6, 6.07) is 0. The molecule has 0 aromatic heterocycles. The highest BCUT2D eigenvalue weighted by Gasteiger charge is 2.15. The van der Waals surface area contributed by atoms with E-state index in [0.717, 1.165) is 5.92 Å². The summed E-state index contributed by atoms with van der Waals surface area (Å²) in [6.07, 6.45) is 8.31. The smallest absolute Gasteiger partial charge is 0.0357 e. The topological polar surface area (TPSA) is 0 Å². The van der Waals surface area contributed by atoms with Gasteiger partial charge in [0.2, 0.25) is 0 Å². The van der Waals surface area contributed by atoms with E-state index >= 15 is 0 Å². The second-order valence-electron chi connectivity index (χ2n) is 5.30. The molecule has 0 aliphatic rings. The largest absolute Gasteiger partial charge is 0.0654 e. The molecule has 0 aliphatic heterocycles. The molecule has 0 heterocycles. The van der Waals surface area contributed by atoms with Crippen molar-refractivity contribution >= 4 is 0 Å². The molecule has 0 bridgehead atoms. The number of hydrogen-bond donors (Lipinski definition) is 0. The molecule has 0 aromatic carbocycles. The molecule has 0 radical (unpaired) electrons. The van der Waals surface area contributed by atoms with Crippen molar-refractivity contribution in [3.05, 3.63) is 0 Å². The zero-order chi connectivity index (χ0) is 10.3. The van der Waals surface area contributed by atoms with E-state index in [2.05, 4.69) is 34.6 Å². The molecular formula is C13H28. The summed E-state index contributed by atoms with van der Waals surface area (Å²) in [4.78, 5) is 0. The second kappa shape index (κ2) is 6.45. The molecule has 1 atom stereocenters. The average Bonchev–Trinajstić information content (AvgIpc) is 2.11. The fourth-order valence-electron chi connectivity index (χ4n) is 1.51. The van der Waals surface area contributed by atoms with Gasteiger partial charge in [0.15, 0.2) is 0 Å². The summed E-state index contributed by atoms with van der Waals surface area (Å²) in [7, 11) is 0. The van der Waals surface area contributed by atoms with Crippen LogP contribution in [-0.4, -0.2) is 0 Å². The van der Waals surface area contributed by atoms with Gasteiger partial charge in [-0.3, -0.25) is 0 Å². The lowest BCUT2D eigenvalue weighted by Gasteiger charge is -2.24. The van der Waals surface area contributed by atoms with E-state index < -0.39 is 0 Å². The molecule has 0 aliphatic carbocycles. The van der Waals surface area contributed by atoms with Gasteiger partial charge in [-0.1, -0.05) is 66.7 Å². The van der Waals surface area contributed by atoms with Crippen LogP contribution < -0.4 is 0 Å². The van der Waals surface area contributed by atoms with Gasteiger partial charge in [-0.05, 0) is 17.8 Å². The maximum atomic E-state index is 2.40. The van der Waals surface area contributed by atoms with E-state index in [4.69, 9.17) is 0 Å². The van der Waals surface area contributed by atoms with Gasteiger partial charge < -0.3 is 0 Å². The summed E-state index contributed by atoms with van der Waals surface area (Å²) < 4.78 is 0. The lowest BCUT2D eigenvalue weighted by Crippen LogP contribution is -2.11. The minimum atomic E-state index is 0.570. The third-order valence-corrected chi connectivity index (χ3v) is 3.32. The summed E-state index contributed by atoms with van der Waals surface area (Å²) in [5.41, 5.74) is 0.570. The number of hydrogen-bond acceptors (Lipinski definition) is 0. The first-order valence-corrected chi connectivity index (χ1v) is 6.02. The first-order valence-electron chi connectivity index (χ1n) is 6.02. The maximum absolute atomic E-state index is 2.40. The zero-order valence-electron chi connectivity index (χ0n) is 10.3. The van der Waals surface area contributed by atoms with Crippen molar-refractivity contribution in [1.82, 2.24) is 0 Å². The van der Waals surface area contributed by atoms with Gasteiger partial charge >= 0.3 is 0 Å². The van der Waals surface area contributed by atoms with Crippen LogP contribution in [0, 0.1) is 11.3 Å². The molecule has 80 valence electrons. The zero-order valence-corrected chi connectivity index (χ0v) is 10.3. The first kappa shape index (κ1) is 13.0. The molecule has 0 N–H and O–H groups in total. The molecular weight excluding hydrogens is 156 g/mol. The van der Waals surface area contributed by atoms with Crippen LogP contribution >= 0.6 is 0 Å². The molecule has 0 saturated heterocycles. The lowest BCUT2D eigenvalue weighted by atomic mass is 9.82. The molecule has 1 unspecified atom stereocenters. The molecule has 0 saturated carbocycles. The van der Waals surface area contributed by atoms with Crippen LogP contribution in [0.15, 0.2) is 0 Å². The van der Waals surface area contributed by atoms with Crippen molar-refractivity contribution < 1.29 is 0 Å². The van der Waals surface area contributed by atoms with Gasteiger partial charge in [0.05, 0.1) is 0 Å². The SMILES string of the molecule is CCCCC(C)CCC(C)(C)CC. The van der Waals surface area contributed by atoms with E-state index in [1.54, 1.807) is 0 Å². The third-order valence-electron chi connectivity index (χ3n) is 3.32. The second-order valence-corrected chi connectivity index (χ2v) is 5.30. The Labute approximate surface area is 85.1 Å². The van der Waals surface area contributed by atoms with Crippen LogP contribution in [0.1, 0.15) is 73.1 Å². The Balaban J connectivity index is 3.51. The Morgan fingerprint density at radius 1 is 1.08 bits per heavy atom. The summed E-state index contributed by atoms with van der Waals surface area (Å²) >= 11 is 0. The van der Waals surface area contributed by atoms with Crippen molar-refractivity contribution in [3.63, 3.8) is 0 Å². The lowest BCUT2D eigenvalue weighted by molar-refractivity contribution is 0.282. The predicted octanol–water partition coefficient (Wildman–Crippen LogP) is 5.03. The first-order chi connectivity index (χ1) is 6.02. The normalized spacial score (nSPS) is 14.5. The number of rotatable bonds is 7. The van der Waals surface area contributed by atoms with E-state index in [0.29, 0.717) is 5.41 Å². The Morgan fingerprint density at radius 3 is 2.15 bits per heavy atom. The van der Waals surface area contributed by atoms with Crippen molar-refractivity contribution in [2.45, 2.75) is 73.1 Å². The molecule has 0 spiro atoms. The third kappa shape index (κ3) is 7.10. The van der Waals surface area contributed by atoms with E-state index in [1.165, 1.54) is 38.5 Å². The molecule has 0 rings (SSSR count). The fraction of sp³-hybridized carbons (Fsp3) is 1.00. The molecule has 0 heteroatoms. The van der Waals surface area contributed by atoms with Crippen molar-refractivity contribution in [3.8, 4) is 0 Å². The number of unbranched alkanes of at least 4 members (excludes halogenated alkanes) is 1. The fourth-order valence-corrected chi connectivity index (χ4v) is 1.51. The standard InChI is InChI=1S/C13H28/c1-6-8-9-12(3)10-11-13(4,5)7-2/h12H,6-11H2,1-5H3. The molecule has 0 nitrogen and oxygen atoms in total. The van der Waals surface area contributed by atoms with E-state index in [9.17, 15) is 0 Å². The van der Waals surface area contributed by atoms with Crippen molar-refractivity contribution in [1.29, 1.82) is 0 Å². The minimum absolute atomic E-state index is 0.570. The van der Waals surface area contributed by atoms with Crippen LogP contribution in [0.3, 0.4) is 0 Å². The van der Waals surface area contributed by atoms with Crippen LogP contribution in [-0.2, 0) is 0 Å². The minimum Gasteiger partial charge on any atom is -0.0654 e. The van der Waals surface area contributed by atoms with Crippen molar-refractivity contribution in [2.24, 2.45) is 11.3 Å². The molecule has 13 heavy (non-hydrogen) atoms. The monoisotopic (exact) mass is 184 g/mol. The van der Waals surface area contributed by atoms with Gasteiger partial charge in [0.25, 0.3) is 0 Å². The highest BCUT2D eigenvalue weighted by Crippen LogP contribution is 2.29. The van der Waals surface area contributed by atoms with Crippen molar-refractivity contribution in [2.75, 3.05) is 0 Å². The van der Waals surface area contributed by atoms with Crippen LogP contribution in [0.2, 0.25) is 0 Å². The Kier molecular flexibility index (Phi) is 6.45. The summed E-state index contributed by atoms with van der Waals surface area (Å²) in [5, 5.41) is 0. The predicted molar refractivity (Wildman–Crippen MR) is 62.0 cm³/mol. The Morgan fingerprint density at radius 2 is 1.69 bits per heavy atom. The van der Waals surface area contributed by atoms with Crippen LogP contribution in [0.25, 0.3) is 0 Å². The summed E-state index contributed by atoms with van der Waals surface area (Å²) in [6.45, 7) is 11.8. The quantitative estimate of drug-likeness (QED) is 0.520. The van der Waals surface area contributed by atoms with E-state index in [-0.39, 0.29) is 0 Å². The molecule has 0 aromatic rings. The van der Waals surface area contributed by atoms with E-state index in [1.807, 2.05) is 0 Å². The highest BCUT2D eigenvalue weighted by atomic mass is 14.2. The van der Waals surface area contributed by atoms with Gasteiger partial charge in [0.1, 0.15) is 0 Å². The maximum Gasteiger partial charge on any atom is -0.0357 e. The Hall–Kier alpha value is 0. The van der Waals surface area contributed by atoms with Gasteiger partial charge in [0, 0.05) is 0 Å². The highest BCUT2D eigenvalue weighted by molar-refractivity contribution is 4.67. The van der Waals surface area contributed by atoms with Gasteiger partial charge in [-0.25, -0.2) is 0 Å². The molecule has 0 amide bonds. The summed E-state index contributed by atoms with van der Waals surface area (Å²) in [5.74, 6) is 0.936. The average molecular weight is 184 g/mol. The van der Waals surface area contributed by atoms with Crippen LogP contribution in [0.5, 0.6) is 0 Å².